The van der Waals surface area contributed by atoms with Crippen LogP contribution in [0.25, 0.3) is 0 Å². The van der Waals surface area contributed by atoms with Crippen molar-refractivity contribution in [2.75, 3.05) is 31.1 Å². The highest BCUT2D eigenvalue weighted by Gasteiger charge is 2.26. The van der Waals surface area contributed by atoms with Crippen LogP contribution in [0.15, 0.2) is 36.5 Å². The number of hydrogen-bond acceptors (Lipinski definition) is 7. The maximum Gasteiger partial charge on any atom is 0.414 e. The van der Waals surface area contributed by atoms with Crippen LogP contribution in [0, 0.1) is 11.3 Å². The summed E-state index contributed by atoms with van der Waals surface area (Å²) in [5, 5.41) is 23.8. The molecular formula is C24H27N5O5. The van der Waals surface area contributed by atoms with Crippen LogP contribution in [0.4, 0.5) is 5.82 Å². The number of carboxylic acid groups (broad SMARTS) is 2. The van der Waals surface area contributed by atoms with Crippen molar-refractivity contribution >= 4 is 23.7 Å². The normalized spacial score (nSPS) is 18.0. The summed E-state index contributed by atoms with van der Waals surface area (Å²) in [6.45, 7) is 3.70. The number of carbonyl (C=O) groups is 3. The fraction of sp³-hybridized carbons (Fsp3) is 0.417. The van der Waals surface area contributed by atoms with Gasteiger partial charge in [0, 0.05) is 43.9 Å². The highest BCUT2D eigenvalue weighted by Crippen LogP contribution is 2.27. The number of anilines is 1. The molecule has 4 heterocycles. The maximum absolute atomic E-state index is 12.3. The van der Waals surface area contributed by atoms with E-state index in [0.29, 0.717) is 18.0 Å². The Balaban J connectivity index is 0.000000481. The van der Waals surface area contributed by atoms with Crippen LogP contribution in [0.5, 0.6) is 0 Å². The van der Waals surface area contributed by atoms with E-state index in [0.717, 1.165) is 68.9 Å². The third-order valence-electron chi connectivity index (χ3n) is 5.90. The minimum atomic E-state index is -1.82. The van der Waals surface area contributed by atoms with Crippen molar-refractivity contribution in [1.82, 2.24) is 14.9 Å². The number of nitrogens with zero attached hydrogens (tertiary/aromatic N) is 5. The highest BCUT2D eigenvalue weighted by molar-refractivity contribution is 6.27. The second kappa shape index (κ2) is 11.9. The van der Waals surface area contributed by atoms with E-state index in [2.05, 4.69) is 27.0 Å². The Morgan fingerprint density at radius 1 is 1.12 bits per heavy atom. The van der Waals surface area contributed by atoms with E-state index in [-0.39, 0.29) is 5.91 Å². The van der Waals surface area contributed by atoms with E-state index >= 15 is 0 Å². The Morgan fingerprint density at radius 3 is 2.62 bits per heavy atom. The lowest BCUT2D eigenvalue weighted by atomic mass is 10.0. The third kappa shape index (κ3) is 6.59. The molecule has 2 aliphatic rings. The van der Waals surface area contributed by atoms with Gasteiger partial charge in [0.15, 0.2) is 0 Å². The van der Waals surface area contributed by atoms with Crippen molar-refractivity contribution in [2.45, 2.75) is 38.0 Å². The number of pyridine rings is 2. The second-order valence-corrected chi connectivity index (χ2v) is 8.19. The van der Waals surface area contributed by atoms with Gasteiger partial charge in [-0.2, -0.15) is 5.26 Å². The first-order chi connectivity index (χ1) is 16.4. The Morgan fingerprint density at radius 2 is 1.91 bits per heavy atom. The summed E-state index contributed by atoms with van der Waals surface area (Å²) < 4.78 is 0. The summed E-state index contributed by atoms with van der Waals surface area (Å²) in [5.74, 6) is -2.24. The predicted octanol–water partition coefficient (Wildman–Crippen LogP) is 2.05. The molecular weight excluding hydrogens is 438 g/mol. The van der Waals surface area contributed by atoms with Gasteiger partial charge in [-0.15, -0.1) is 0 Å². The summed E-state index contributed by atoms with van der Waals surface area (Å²) in [5.41, 5.74) is 2.65. The number of rotatable bonds is 5. The van der Waals surface area contributed by atoms with Gasteiger partial charge in [0.05, 0.1) is 0 Å². The minimum Gasteiger partial charge on any atom is -0.473 e. The van der Waals surface area contributed by atoms with Gasteiger partial charge in [-0.05, 0) is 56.0 Å². The minimum absolute atomic E-state index is 0.191. The molecule has 2 fully saturated rings. The number of amides is 1. The van der Waals surface area contributed by atoms with E-state index < -0.39 is 11.9 Å². The number of nitriles is 1. The van der Waals surface area contributed by atoms with Crippen LogP contribution in [0.3, 0.4) is 0 Å². The third-order valence-corrected chi connectivity index (χ3v) is 5.90. The number of aliphatic carboxylic acids is 2. The zero-order valence-electron chi connectivity index (χ0n) is 18.8. The molecule has 0 radical (unpaired) electrons. The first kappa shape index (κ1) is 24.8. The van der Waals surface area contributed by atoms with E-state index in [1.807, 2.05) is 23.1 Å². The molecule has 0 spiro atoms. The van der Waals surface area contributed by atoms with Crippen molar-refractivity contribution in [3.05, 3.63) is 53.5 Å². The summed E-state index contributed by atoms with van der Waals surface area (Å²) in [4.78, 5) is 43.8. The maximum atomic E-state index is 12.3. The zero-order valence-corrected chi connectivity index (χ0v) is 18.8. The number of carbonyl (C=O) groups excluding carboxylic acids is 1. The molecule has 178 valence electrons. The molecule has 0 aromatic carbocycles. The van der Waals surface area contributed by atoms with Crippen LogP contribution in [-0.2, 0) is 20.8 Å². The topological polar surface area (TPSA) is 148 Å². The molecule has 0 aliphatic carbocycles. The Bertz CT molecular complexity index is 1070. The lowest BCUT2D eigenvalue weighted by Crippen LogP contribution is -2.36. The number of piperidine rings is 1. The summed E-state index contributed by atoms with van der Waals surface area (Å²) in [6.07, 6.45) is 6.37. The largest absolute Gasteiger partial charge is 0.473 e. The molecule has 4 rings (SSSR count). The fourth-order valence-corrected chi connectivity index (χ4v) is 4.20. The molecule has 2 aliphatic heterocycles. The average Bonchev–Trinajstić information content (AvgIpc) is 3.33. The quantitative estimate of drug-likeness (QED) is 0.633. The van der Waals surface area contributed by atoms with Crippen LogP contribution in [0.1, 0.15) is 48.6 Å². The molecule has 1 amide bonds. The summed E-state index contributed by atoms with van der Waals surface area (Å²) in [6, 6.07) is 11.9. The molecule has 0 bridgehead atoms. The molecule has 34 heavy (non-hydrogen) atoms. The van der Waals surface area contributed by atoms with Gasteiger partial charge in [-0.1, -0.05) is 12.1 Å². The van der Waals surface area contributed by atoms with Gasteiger partial charge in [-0.25, -0.2) is 19.6 Å². The molecule has 10 heteroatoms. The van der Waals surface area contributed by atoms with Gasteiger partial charge in [-0.3, -0.25) is 9.69 Å². The Hall–Kier alpha value is -3.84. The Labute approximate surface area is 197 Å². The van der Waals surface area contributed by atoms with Crippen LogP contribution in [-0.4, -0.2) is 69.1 Å². The molecule has 2 saturated heterocycles. The van der Waals surface area contributed by atoms with Crippen LogP contribution in [0.2, 0.25) is 0 Å². The van der Waals surface area contributed by atoms with Crippen LogP contribution < -0.4 is 4.90 Å². The van der Waals surface area contributed by atoms with E-state index in [9.17, 15) is 4.79 Å². The summed E-state index contributed by atoms with van der Waals surface area (Å²) >= 11 is 0. The molecule has 2 N–H and O–H groups in total. The van der Waals surface area contributed by atoms with E-state index in [1.165, 1.54) is 0 Å². The SMILES string of the molecule is N#Cc1cccc(C2CCN(CCc3cccnc3N3CCCCC3=O)C2)n1.O=C(O)C(=O)O. The highest BCUT2D eigenvalue weighted by atomic mass is 16.4. The lowest BCUT2D eigenvalue weighted by molar-refractivity contribution is -0.159. The van der Waals surface area contributed by atoms with Crippen molar-refractivity contribution in [3.8, 4) is 6.07 Å². The van der Waals surface area contributed by atoms with E-state index in [1.54, 1.807) is 12.3 Å². The smallest absolute Gasteiger partial charge is 0.414 e. The number of carboxylic acids is 2. The zero-order chi connectivity index (χ0) is 24.5. The number of aromatic nitrogens is 2. The van der Waals surface area contributed by atoms with Crippen molar-refractivity contribution in [1.29, 1.82) is 5.26 Å². The van der Waals surface area contributed by atoms with Crippen LogP contribution >= 0.6 is 0 Å². The van der Waals surface area contributed by atoms with Crippen molar-refractivity contribution in [2.24, 2.45) is 0 Å². The first-order valence-electron chi connectivity index (χ1n) is 11.2. The predicted molar refractivity (Wildman–Crippen MR) is 122 cm³/mol. The standard InChI is InChI=1S/C22H25N5O.C2H2O4/c23-15-19-6-3-7-20(25-19)18-10-14-26(16-18)13-9-17-5-4-11-24-22(17)27-12-2-1-8-21(27)28;3-1(4)2(5)6/h3-7,11,18H,1-2,8-10,12-14,16H2;(H,3,4)(H,5,6). The molecule has 10 nitrogen and oxygen atoms in total. The first-order valence-corrected chi connectivity index (χ1v) is 11.2. The van der Waals surface area contributed by atoms with Gasteiger partial charge in [0.2, 0.25) is 5.91 Å². The van der Waals surface area contributed by atoms with Gasteiger partial charge < -0.3 is 15.1 Å². The van der Waals surface area contributed by atoms with Gasteiger partial charge >= 0.3 is 11.9 Å². The second-order valence-electron chi connectivity index (χ2n) is 8.19. The lowest BCUT2D eigenvalue weighted by Gasteiger charge is -2.28. The van der Waals surface area contributed by atoms with Gasteiger partial charge in [0.25, 0.3) is 0 Å². The van der Waals surface area contributed by atoms with Crippen molar-refractivity contribution < 1.29 is 24.6 Å². The fourth-order valence-electron chi connectivity index (χ4n) is 4.20. The Kier molecular flexibility index (Phi) is 8.65. The van der Waals surface area contributed by atoms with Crippen molar-refractivity contribution in [3.63, 3.8) is 0 Å². The molecule has 2 aromatic heterocycles. The molecule has 1 unspecified atom stereocenters. The number of hydrogen-bond donors (Lipinski definition) is 2. The van der Waals surface area contributed by atoms with E-state index in [4.69, 9.17) is 25.1 Å². The van der Waals surface area contributed by atoms with Gasteiger partial charge in [0.1, 0.15) is 17.6 Å². The monoisotopic (exact) mass is 465 g/mol. The molecule has 2 aromatic rings. The molecule has 0 saturated carbocycles. The average molecular weight is 466 g/mol. The summed E-state index contributed by atoms with van der Waals surface area (Å²) in [7, 11) is 0. The number of likely N-dealkylation sites (tertiary alicyclic amines) is 1. The molecule has 1 atom stereocenters.